The van der Waals surface area contributed by atoms with Gasteiger partial charge in [0.05, 0.1) is 20.3 Å². The van der Waals surface area contributed by atoms with Crippen LogP contribution in [0.4, 0.5) is 4.39 Å². The van der Waals surface area contributed by atoms with Gasteiger partial charge in [-0.2, -0.15) is 0 Å². The number of nitrogens with two attached hydrogens (primary N) is 1. The molecule has 0 aliphatic rings. The Morgan fingerprint density at radius 3 is 2.37 bits per heavy atom. The molecule has 0 aliphatic carbocycles. The van der Waals surface area contributed by atoms with Gasteiger partial charge < -0.3 is 19.5 Å². The lowest BCUT2D eigenvalue weighted by Crippen LogP contribution is -2.16. The van der Waals surface area contributed by atoms with Gasteiger partial charge in [-0.1, -0.05) is 6.07 Å². The fourth-order valence-corrected chi connectivity index (χ4v) is 3.33. The summed E-state index contributed by atoms with van der Waals surface area (Å²) in [6, 6.07) is 3.82. The summed E-state index contributed by atoms with van der Waals surface area (Å²) in [7, 11) is -2.13. The van der Waals surface area contributed by atoms with Gasteiger partial charge in [-0.25, -0.2) is 4.39 Å². The van der Waals surface area contributed by atoms with Crippen molar-refractivity contribution in [3.8, 4) is 5.75 Å². The van der Waals surface area contributed by atoms with Gasteiger partial charge in [-0.3, -0.25) is 4.57 Å². The van der Waals surface area contributed by atoms with E-state index in [0.717, 1.165) is 0 Å². The summed E-state index contributed by atoms with van der Waals surface area (Å²) in [5.41, 5.74) is 6.34. The average Bonchev–Trinajstić information content (AvgIpc) is 2.38. The molecule has 0 bridgehead atoms. The number of hydrogen-bond donors (Lipinski definition) is 1. The highest BCUT2D eigenvalue weighted by Gasteiger charge is 2.35. The van der Waals surface area contributed by atoms with Crippen LogP contribution in [-0.2, 0) is 13.6 Å². The lowest BCUT2D eigenvalue weighted by Gasteiger charge is -2.24. The highest BCUT2D eigenvalue weighted by molar-refractivity contribution is 7.54. The summed E-state index contributed by atoms with van der Waals surface area (Å²) < 4.78 is 41.1. The number of halogens is 1. The molecule has 1 rings (SSSR count). The molecule has 7 heteroatoms. The van der Waals surface area contributed by atoms with Crippen molar-refractivity contribution in [2.24, 2.45) is 5.73 Å². The Labute approximate surface area is 112 Å². The van der Waals surface area contributed by atoms with E-state index in [1.807, 2.05) is 0 Å². The zero-order chi connectivity index (χ0) is 14.5. The van der Waals surface area contributed by atoms with Crippen molar-refractivity contribution >= 4 is 7.60 Å². The van der Waals surface area contributed by atoms with Crippen molar-refractivity contribution < 1.29 is 22.7 Å². The maximum Gasteiger partial charge on any atom is 0.351 e. The number of benzene rings is 1. The van der Waals surface area contributed by atoms with E-state index in [-0.39, 0.29) is 19.0 Å². The molecule has 0 unspecified atom stereocenters. The highest BCUT2D eigenvalue weighted by Crippen LogP contribution is 2.59. The smallest absolute Gasteiger partial charge is 0.351 e. The van der Waals surface area contributed by atoms with Crippen LogP contribution >= 0.6 is 7.60 Å². The first-order valence-electron chi connectivity index (χ1n) is 5.96. The van der Waals surface area contributed by atoms with Crippen molar-refractivity contribution in [3.63, 3.8) is 0 Å². The summed E-state index contributed by atoms with van der Waals surface area (Å²) >= 11 is 0. The lowest BCUT2D eigenvalue weighted by molar-refractivity contribution is 0.212. The standard InChI is InChI=1S/C12H19FNO4P/c1-4-17-19(15,18-5-2)12(14)10-7-6-9(13)8-11(10)16-3/h6-8,12H,4-5,14H2,1-3H3/t12-/m1/s1. The Balaban J connectivity index is 3.16. The molecule has 1 aromatic rings. The Morgan fingerprint density at radius 2 is 1.89 bits per heavy atom. The molecule has 2 N–H and O–H groups in total. The van der Waals surface area contributed by atoms with Crippen LogP contribution in [0.25, 0.3) is 0 Å². The zero-order valence-electron chi connectivity index (χ0n) is 11.3. The molecule has 1 atom stereocenters. The van der Waals surface area contributed by atoms with Gasteiger partial charge in [0.25, 0.3) is 0 Å². The summed E-state index contributed by atoms with van der Waals surface area (Å²) in [6.07, 6.45) is 0. The Kier molecular flexibility index (Phi) is 5.94. The van der Waals surface area contributed by atoms with Crippen LogP contribution in [0.15, 0.2) is 18.2 Å². The number of hydrogen-bond acceptors (Lipinski definition) is 5. The third kappa shape index (κ3) is 3.76. The van der Waals surface area contributed by atoms with Crippen LogP contribution in [0.2, 0.25) is 0 Å². The van der Waals surface area contributed by atoms with E-state index in [1.54, 1.807) is 13.8 Å². The zero-order valence-corrected chi connectivity index (χ0v) is 12.2. The van der Waals surface area contributed by atoms with Gasteiger partial charge >= 0.3 is 7.60 Å². The molecule has 0 saturated heterocycles. The summed E-state index contributed by atoms with van der Waals surface area (Å²) in [5.74, 6) is -1.27. The van der Waals surface area contributed by atoms with Gasteiger partial charge in [0, 0.05) is 11.6 Å². The van der Waals surface area contributed by atoms with E-state index in [2.05, 4.69) is 0 Å². The number of ether oxygens (including phenoxy) is 1. The van der Waals surface area contributed by atoms with Crippen molar-refractivity contribution in [1.82, 2.24) is 0 Å². The molecular weight excluding hydrogens is 272 g/mol. The second-order valence-corrected chi connectivity index (χ2v) is 5.86. The second kappa shape index (κ2) is 7.01. The van der Waals surface area contributed by atoms with Gasteiger partial charge in [-0.05, 0) is 19.9 Å². The minimum Gasteiger partial charge on any atom is -0.496 e. The summed E-state index contributed by atoms with van der Waals surface area (Å²) in [4.78, 5) is 0. The molecule has 0 heterocycles. The van der Waals surface area contributed by atoms with Crippen LogP contribution in [-0.4, -0.2) is 20.3 Å². The summed E-state index contributed by atoms with van der Waals surface area (Å²) in [5, 5.41) is 0. The topological polar surface area (TPSA) is 70.8 Å². The first kappa shape index (κ1) is 16.1. The largest absolute Gasteiger partial charge is 0.496 e. The highest BCUT2D eigenvalue weighted by atomic mass is 31.2. The van der Waals surface area contributed by atoms with Crippen LogP contribution in [0.1, 0.15) is 25.2 Å². The molecule has 0 radical (unpaired) electrons. The third-order valence-corrected chi connectivity index (χ3v) is 4.67. The maximum absolute atomic E-state index is 13.1. The predicted octanol–water partition coefficient (Wildman–Crippen LogP) is 3.06. The quantitative estimate of drug-likeness (QED) is 0.782. The Morgan fingerprint density at radius 1 is 1.32 bits per heavy atom. The molecule has 1 aromatic carbocycles. The minimum atomic E-state index is -3.51. The molecule has 0 spiro atoms. The van der Waals surface area contributed by atoms with Crippen molar-refractivity contribution in [2.75, 3.05) is 20.3 Å². The molecular formula is C12H19FNO4P. The van der Waals surface area contributed by atoms with Gasteiger partial charge in [-0.15, -0.1) is 0 Å². The fourth-order valence-electron chi connectivity index (χ4n) is 1.66. The molecule has 0 amide bonds. The first-order chi connectivity index (χ1) is 8.98. The normalized spacial score (nSPS) is 13.3. The van der Waals surface area contributed by atoms with E-state index in [4.69, 9.17) is 19.5 Å². The van der Waals surface area contributed by atoms with E-state index in [9.17, 15) is 8.96 Å². The Hall–Kier alpha value is -0.940. The lowest BCUT2D eigenvalue weighted by atomic mass is 10.2. The molecule has 0 aromatic heterocycles. The van der Waals surface area contributed by atoms with Crippen LogP contribution in [0.3, 0.4) is 0 Å². The minimum absolute atomic E-state index is 0.203. The molecule has 0 fully saturated rings. The number of methoxy groups -OCH3 is 1. The number of rotatable bonds is 7. The predicted molar refractivity (Wildman–Crippen MR) is 70.7 cm³/mol. The molecule has 19 heavy (non-hydrogen) atoms. The molecule has 108 valence electrons. The average molecular weight is 291 g/mol. The van der Waals surface area contributed by atoms with Crippen molar-refractivity contribution in [1.29, 1.82) is 0 Å². The van der Waals surface area contributed by atoms with Crippen LogP contribution in [0, 0.1) is 5.82 Å². The van der Waals surface area contributed by atoms with Crippen molar-refractivity contribution in [2.45, 2.75) is 19.6 Å². The second-order valence-electron chi connectivity index (χ2n) is 3.71. The van der Waals surface area contributed by atoms with E-state index in [1.165, 1.54) is 25.3 Å². The molecule has 5 nitrogen and oxygen atoms in total. The van der Waals surface area contributed by atoms with E-state index < -0.39 is 19.2 Å². The molecule has 0 saturated carbocycles. The molecule has 0 aliphatic heterocycles. The Bertz CT molecular complexity index is 459. The van der Waals surface area contributed by atoms with E-state index >= 15 is 0 Å². The SMILES string of the molecule is CCOP(=O)(OCC)[C@@H](N)c1ccc(F)cc1OC. The fraction of sp³-hybridized carbons (Fsp3) is 0.500. The first-order valence-corrected chi connectivity index (χ1v) is 7.57. The third-order valence-electron chi connectivity index (χ3n) is 2.47. The van der Waals surface area contributed by atoms with Crippen molar-refractivity contribution in [3.05, 3.63) is 29.6 Å². The monoisotopic (exact) mass is 291 g/mol. The summed E-state index contributed by atoms with van der Waals surface area (Å²) in [6.45, 7) is 3.80. The van der Waals surface area contributed by atoms with Crippen LogP contribution < -0.4 is 10.5 Å². The van der Waals surface area contributed by atoms with Gasteiger partial charge in [0.1, 0.15) is 17.3 Å². The maximum atomic E-state index is 13.1. The van der Waals surface area contributed by atoms with Crippen LogP contribution in [0.5, 0.6) is 5.75 Å². The van der Waals surface area contributed by atoms with Gasteiger partial charge in [0.15, 0.2) is 0 Å². The van der Waals surface area contributed by atoms with E-state index in [0.29, 0.717) is 5.56 Å². The van der Waals surface area contributed by atoms with Gasteiger partial charge in [0.2, 0.25) is 0 Å².